The maximum Gasteiger partial charge on any atom is 0.236 e. The van der Waals surface area contributed by atoms with Crippen LogP contribution in [0.25, 0.3) is 0 Å². The number of piperidine rings is 1. The highest BCUT2D eigenvalue weighted by Gasteiger charge is 2.27. The minimum atomic E-state index is 0.360. The molecule has 0 aliphatic carbocycles. The lowest BCUT2D eigenvalue weighted by atomic mass is 10.00. The molecule has 4 nitrogen and oxygen atoms in total. The summed E-state index contributed by atoms with van der Waals surface area (Å²) in [6.45, 7) is 13.9. The summed E-state index contributed by atoms with van der Waals surface area (Å²) < 4.78 is 0. The number of hydrogen-bond acceptors (Lipinski definition) is 3. The van der Waals surface area contributed by atoms with E-state index in [-0.39, 0.29) is 0 Å². The number of amides is 1. The van der Waals surface area contributed by atoms with Crippen LogP contribution in [0.4, 0.5) is 0 Å². The SMILES string of the molecule is CCC1CCCCN1C(=O)CN1CCN(CC(C)C)CC1. The summed E-state index contributed by atoms with van der Waals surface area (Å²) in [5, 5.41) is 0. The first kappa shape index (κ1) is 16.8. The lowest BCUT2D eigenvalue weighted by Gasteiger charge is -2.39. The van der Waals surface area contributed by atoms with E-state index in [1.54, 1.807) is 0 Å². The Balaban J connectivity index is 1.76. The van der Waals surface area contributed by atoms with Gasteiger partial charge in [0.2, 0.25) is 5.91 Å². The third-order valence-electron chi connectivity index (χ3n) is 4.87. The van der Waals surface area contributed by atoms with Gasteiger partial charge in [0.1, 0.15) is 0 Å². The predicted octanol–water partition coefficient (Wildman–Crippen LogP) is 2.05. The van der Waals surface area contributed by atoms with Crippen molar-refractivity contribution in [2.75, 3.05) is 45.8 Å². The third-order valence-corrected chi connectivity index (χ3v) is 4.87. The highest BCUT2D eigenvalue weighted by Crippen LogP contribution is 2.19. The summed E-state index contributed by atoms with van der Waals surface area (Å²) in [5.74, 6) is 1.09. The fraction of sp³-hybridized carbons (Fsp3) is 0.941. The molecule has 1 atom stereocenters. The van der Waals surface area contributed by atoms with Gasteiger partial charge in [0.25, 0.3) is 0 Å². The van der Waals surface area contributed by atoms with Crippen molar-refractivity contribution in [2.45, 2.75) is 52.5 Å². The minimum absolute atomic E-state index is 0.360. The molecule has 1 amide bonds. The Hall–Kier alpha value is -0.610. The first-order chi connectivity index (χ1) is 10.1. The van der Waals surface area contributed by atoms with Crippen molar-refractivity contribution < 1.29 is 4.79 Å². The van der Waals surface area contributed by atoms with Gasteiger partial charge in [-0.2, -0.15) is 0 Å². The van der Waals surface area contributed by atoms with Crippen molar-refractivity contribution in [1.82, 2.24) is 14.7 Å². The largest absolute Gasteiger partial charge is 0.339 e. The normalized spacial score (nSPS) is 25.5. The highest BCUT2D eigenvalue weighted by atomic mass is 16.2. The van der Waals surface area contributed by atoms with Gasteiger partial charge in [0.05, 0.1) is 6.54 Å². The van der Waals surface area contributed by atoms with Crippen molar-refractivity contribution in [1.29, 1.82) is 0 Å². The Morgan fingerprint density at radius 2 is 1.71 bits per heavy atom. The van der Waals surface area contributed by atoms with Crippen molar-refractivity contribution >= 4 is 5.91 Å². The van der Waals surface area contributed by atoms with Gasteiger partial charge in [-0.25, -0.2) is 0 Å². The third kappa shape index (κ3) is 4.96. The lowest BCUT2D eigenvalue weighted by molar-refractivity contribution is -0.136. The van der Waals surface area contributed by atoms with E-state index in [4.69, 9.17) is 0 Å². The van der Waals surface area contributed by atoms with E-state index in [0.29, 0.717) is 18.5 Å². The molecule has 0 aromatic heterocycles. The van der Waals surface area contributed by atoms with Crippen molar-refractivity contribution in [3.63, 3.8) is 0 Å². The fourth-order valence-electron chi connectivity index (χ4n) is 3.68. The van der Waals surface area contributed by atoms with E-state index in [2.05, 4.69) is 35.5 Å². The Kier molecular flexibility index (Phi) is 6.49. The average molecular weight is 295 g/mol. The van der Waals surface area contributed by atoms with Crippen LogP contribution in [-0.2, 0) is 4.79 Å². The molecule has 1 unspecified atom stereocenters. The molecule has 2 heterocycles. The van der Waals surface area contributed by atoms with Crippen LogP contribution in [0.3, 0.4) is 0 Å². The fourth-order valence-corrected chi connectivity index (χ4v) is 3.68. The summed E-state index contributed by atoms with van der Waals surface area (Å²) >= 11 is 0. The van der Waals surface area contributed by atoms with E-state index < -0.39 is 0 Å². The standard InChI is InChI=1S/C17H33N3O/c1-4-16-7-5-6-8-20(16)17(21)14-19-11-9-18(10-12-19)13-15(2)3/h15-16H,4-14H2,1-3H3. The van der Waals surface area contributed by atoms with Crippen molar-refractivity contribution in [3.05, 3.63) is 0 Å². The van der Waals surface area contributed by atoms with E-state index in [0.717, 1.165) is 45.1 Å². The molecule has 21 heavy (non-hydrogen) atoms. The zero-order valence-corrected chi connectivity index (χ0v) is 14.2. The molecule has 2 aliphatic heterocycles. The zero-order valence-electron chi connectivity index (χ0n) is 14.2. The second kappa shape index (κ2) is 8.14. The Morgan fingerprint density at radius 1 is 1.05 bits per heavy atom. The number of carbonyl (C=O) groups is 1. The minimum Gasteiger partial charge on any atom is -0.339 e. The van der Waals surface area contributed by atoms with Crippen molar-refractivity contribution in [3.8, 4) is 0 Å². The molecular weight excluding hydrogens is 262 g/mol. The quantitative estimate of drug-likeness (QED) is 0.777. The van der Waals surface area contributed by atoms with Gasteiger partial charge < -0.3 is 9.80 Å². The summed E-state index contributed by atoms with van der Waals surface area (Å²) in [4.78, 5) is 19.6. The number of hydrogen-bond donors (Lipinski definition) is 0. The summed E-state index contributed by atoms with van der Waals surface area (Å²) in [6, 6.07) is 0.494. The second-order valence-electron chi connectivity index (χ2n) is 7.12. The van der Waals surface area contributed by atoms with E-state index in [1.807, 2.05) is 0 Å². The van der Waals surface area contributed by atoms with Gasteiger partial charge in [-0.3, -0.25) is 9.69 Å². The van der Waals surface area contributed by atoms with Gasteiger partial charge in [-0.1, -0.05) is 20.8 Å². The molecule has 0 bridgehead atoms. The van der Waals surface area contributed by atoms with Crippen LogP contribution < -0.4 is 0 Å². The molecule has 0 aromatic rings. The first-order valence-corrected chi connectivity index (χ1v) is 8.84. The van der Waals surface area contributed by atoms with Crippen LogP contribution in [0.1, 0.15) is 46.5 Å². The second-order valence-corrected chi connectivity index (χ2v) is 7.12. The predicted molar refractivity (Wildman–Crippen MR) is 87.4 cm³/mol. The Labute approximate surface area is 130 Å². The van der Waals surface area contributed by atoms with Gasteiger partial charge in [-0.05, 0) is 31.6 Å². The van der Waals surface area contributed by atoms with Crippen LogP contribution in [0, 0.1) is 5.92 Å². The molecule has 2 fully saturated rings. The summed E-state index contributed by atoms with van der Waals surface area (Å²) in [5.41, 5.74) is 0. The Bertz CT molecular complexity index is 324. The molecule has 0 radical (unpaired) electrons. The maximum absolute atomic E-state index is 12.6. The molecule has 0 spiro atoms. The molecular formula is C17H33N3O. The summed E-state index contributed by atoms with van der Waals surface area (Å²) in [6.07, 6.45) is 4.78. The highest BCUT2D eigenvalue weighted by molar-refractivity contribution is 5.78. The monoisotopic (exact) mass is 295 g/mol. The van der Waals surface area contributed by atoms with Crippen molar-refractivity contribution in [2.24, 2.45) is 5.92 Å². The summed E-state index contributed by atoms with van der Waals surface area (Å²) in [7, 11) is 0. The molecule has 2 aliphatic rings. The van der Waals surface area contributed by atoms with Crippen LogP contribution in [0.5, 0.6) is 0 Å². The van der Waals surface area contributed by atoms with Crippen LogP contribution >= 0.6 is 0 Å². The van der Waals surface area contributed by atoms with Gasteiger partial charge >= 0.3 is 0 Å². The van der Waals surface area contributed by atoms with Crippen LogP contribution in [-0.4, -0.2) is 72.5 Å². The van der Waals surface area contributed by atoms with Gasteiger partial charge in [-0.15, -0.1) is 0 Å². The average Bonchev–Trinajstić information content (AvgIpc) is 2.48. The number of rotatable bonds is 5. The van der Waals surface area contributed by atoms with E-state index in [1.165, 1.54) is 25.8 Å². The molecule has 2 saturated heterocycles. The number of nitrogens with zero attached hydrogens (tertiary/aromatic N) is 3. The molecule has 0 saturated carbocycles. The van der Waals surface area contributed by atoms with Gasteiger partial charge in [0, 0.05) is 45.3 Å². The first-order valence-electron chi connectivity index (χ1n) is 8.84. The molecule has 0 N–H and O–H groups in total. The van der Waals surface area contributed by atoms with Crippen LogP contribution in [0.15, 0.2) is 0 Å². The number of carbonyl (C=O) groups excluding carboxylic acids is 1. The number of piperazine rings is 1. The molecule has 0 aromatic carbocycles. The topological polar surface area (TPSA) is 26.8 Å². The number of likely N-dealkylation sites (tertiary alicyclic amines) is 1. The Morgan fingerprint density at radius 3 is 2.33 bits per heavy atom. The van der Waals surface area contributed by atoms with E-state index in [9.17, 15) is 4.79 Å². The van der Waals surface area contributed by atoms with Gasteiger partial charge in [0.15, 0.2) is 0 Å². The van der Waals surface area contributed by atoms with Crippen LogP contribution in [0.2, 0.25) is 0 Å². The maximum atomic E-state index is 12.6. The van der Waals surface area contributed by atoms with E-state index >= 15 is 0 Å². The molecule has 4 heteroatoms. The lowest BCUT2D eigenvalue weighted by Crippen LogP contribution is -2.52. The zero-order chi connectivity index (χ0) is 15.2. The molecule has 2 rings (SSSR count). The molecule has 122 valence electrons. The smallest absolute Gasteiger partial charge is 0.236 e.